The maximum Gasteiger partial charge on any atom is 0.278 e. The summed E-state index contributed by atoms with van der Waals surface area (Å²) in [6.07, 6.45) is 6.09. The molecule has 1 aromatic heterocycles. The van der Waals surface area contributed by atoms with Crippen LogP contribution in [-0.2, 0) is 10.3 Å². The van der Waals surface area contributed by atoms with E-state index in [4.69, 9.17) is 0 Å². The van der Waals surface area contributed by atoms with Crippen LogP contribution in [0.15, 0.2) is 75.8 Å². The fourth-order valence-electron chi connectivity index (χ4n) is 4.64. The summed E-state index contributed by atoms with van der Waals surface area (Å²) >= 11 is 0. The number of amides is 1. The van der Waals surface area contributed by atoms with Gasteiger partial charge in [0.2, 0.25) is 5.96 Å². The van der Waals surface area contributed by atoms with Gasteiger partial charge in [-0.15, -0.1) is 0 Å². The lowest BCUT2D eigenvalue weighted by molar-refractivity contribution is -0.122. The van der Waals surface area contributed by atoms with Gasteiger partial charge in [0.25, 0.3) is 5.91 Å². The first-order chi connectivity index (χ1) is 16.0. The predicted octanol–water partition coefficient (Wildman–Crippen LogP) is 2.25. The molecular formula is C24H16F2N6O. The minimum Gasteiger partial charge on any atom is -0.323 e. The number of hydrogen-bond donors (Lipinski definition) is 1. The van der Waals surface area contributed by atoms with Gasteiger partial charge in [-0.1, -0.05) is 30.0 Å². The number of rotatable bonds is 2. The van der Waals surface area contributed by atoms with Gasteiger partial charge in [0.05, 0.1) is 6.34 Å². The van der Waals surface area contributed by atoms with E-state index in [0.29, 0.717) is 11.1 Å². The number of benzene rings is 1. The molecule has 3 aliphatic heterocycles. The SMILES string of the molecule is O=C1N=C2N=CC(C3(c4ccccc4C#Cc4cccnc4)C=C(F)NC=N3)N2C12CC2F. The van der Waals surface area contributed by atoms with E-state index in [-0.39, 0.29) is 12.4 Å². The number of aromatic nitrogens is 1. The van der Waals surface area contributed by atoms with Crippen molar-refractivity contribution in [2.75, 3.05) is 0 Å². The molecule has 162 valence electrons. The van der Waals surface area contributed by atoms with Crippen LogP contribution in [0.1, 0.15) is 23.1 Å². The summed E-state index contributed by atoms with van der Waals surface area (Å²) in [6, 6.07) is 10.1. The first-order valence-electron chi connectivity index (χ1n) is 10.4. The number of hydrogen-bond acceptors (Lipinski definition) is 6. The normalized spacial score (nSPS) is 31.0. The molecule has 1 aromatic carbocycles. The average Bonchev–Trinajstić information content (AvgIpc) is 3.19. The monoisotopic (exact) mass is 442 g/mol. The number of nitrogens with zero attached hydrogens (tertiary/aromatic N) is 5. The standard InChI is InChI=1S/C24H16F2N6O/c25-18-10-24(18)21(33)31-22-28-13-19(32(22)24)23(11-20(26)29-14-30-23)17-6-2-1-5-16(17)8-7-15-4-3-9-27-12-15/h1-6,9,11-14,18-19H,10H2,(H,29,30). The second kappa shape index (κ2) is 6.90. The molecule has 6 rings (SSSR count). The van der Waals surface area contributed by atoms with Crippen LogP contribution in [0.4, 0.5) is 8.78 Å². The molecule has 1 saturated carbocycles. The van der Waals surface area contributed by atoms with Gasteiger partial charge in [-0.25, -0.2) is 9.38 Å². The smallest absolute Gasteiger partial charge is 0.278 e. The predicted molar refractivity (Wildman–Crippen MR) is 118 cm³/mol. The zero-order valence-electron chi connectivity index (χ0n) is 17.1. The number of guanidine groups is 1. The minimum atomic E-state index is -1.40. The van der Waals surface area contributed by atoms with Gasteiger partial charge in [0.15, 0.2) is 11.5 Å². The maximum absolute atomic E-state index is 14.7. The molecule has 2 aromatic rings. The van der Waals surface area contributed by atoms with Crippen LogP contribution in [0, 0.1) is 11.8 Å². The molecule has 1 fully saturated rings. The van der Waals surface area contributed by atoms with Crippen molar-refractivity contribution in [3.05, 3.63) is 77.5 Å². The van der Waals surface area contributed by atoms with E-state index in [1.165, 1.54) is 12.4 Å². The third kappa shape index (κ3) is 2.77. The van der Waals surface area contributed by atoms with Crippen LogP contribution in [0.25, 0.3) is 0 Å². The van der Waals surface area contributed by atoms with Crippen LogP contribution >= 0.6 is 0 Å². The second-order valence-electron chi connectivity index (χ2n) is 8.16. The summed E-state index contributed by atoms with van der Waals surface area (Å²) in [7, 11) is 0. The molecule has 1 spiro atoms. The molecule has 1 N–H and O–H groups in total. The quantitative estimate of drug-likeness (QED) is 0.572. The summed E-state index contributed by atoms with van der Waals surface area (Å²) < 4.78 is 29.2. The molecule has 4 unspecified atom stereocenters. The van der Waals surface area contributed by atoms with Gasteiger partial charge in [-0.2, -0.15) is 9.38 Å². The first-order valence-corrected chi connectivity index (χ1v) is 10.4. The van der Waals surface area contributed by atoms with E-state index >= 15 is 0 Å². The van der Waals surface area contributed by atoms with Crippen molar-refractivity contribution in [1.29, 1.82) is 0 Å². The van der Waals surface area contributed by atoms with Crippen molar-refractivity contribution in [3.63, 3.8) is 0 Å². The van der Waals surface area contributed by atoms with Crippen molar-refractivity contribution >= 4 is 24.4 Å². The number of nitrogens with one attached hydrogen (secondary N) is 1. The topological polar surface area (TPSA) is 82.3 Å². The highest BCUT2D eigenvalue weighted by atomic mass is 19.1. The highest BCUT2D eigenvalue weighted by molar-refractivity contribution is 6.14. The molecule has 4 aliphatic rings. The van der Waals surface area contributed by atoms with Gasteiger partial charge < -0.3 is 10.2 Å². The summed E-state index contributed by atoms with van der Waals surface area (Å²) in [5.74, 6) is 5.15. The van der Waals surface area contributed by atoms with Gasteiger partial charge in [-0.05, 0) is 18.2 Å². The minimum absolute atomic E-state index is 0.0192. The molecule has 33 heavy (non-hydrogen) atoms. The Morgan fingerprint density at radius 1 is 1.18 bits per heavy atom. The lowest BCUT2D eigenvalue weighted by Gasteiger charge is -2.40. The van der Waals surface area contributed by atoms with Crippen LogP contribution < -0.4 is 5.32 Å². The summed E-state index contributed by atoms with van der Waals surface area (Å²) in [4.78, 5) is 31.0. The highest BCUT2D eigenvalue weighted by Crippen LogP contribution is 2.54. The van der Waals surface area contributed by atoms with E-state index in [2.05, 4.69) is 37.1 Å². The number of alkyl halides is 1. The molecule has 1 aliphatic carbocycles. The van der Waals surface area contributed by atoms with Crippen LogP contribution in [0.5, 0.6) is 0 Å². The average molecular weight is 442 g/mol. The third-order valence-corrected chi connectivity index (χ3v) is 6.31. The van der Waals surface area contributed by atoms with Crippen molar-refractivity contribution in [2.45, 2.75) is 29.7 Å². The van der Waals surface area contributed by atoms with E-state index in [0.717, 1.165) is 5.56 Å². The fourth-order valence-corrected chi connectivity index (χ4v) is 4.64. The van der Waals surface area contributed by atoms with E-state index in [9.17, 15) is 13.6 Å². The Morgan fingerprint density at radius 2 is 2.03 bits per heavy atom. The van der Waals surface area contributed by atoms with Crippen LogP contribution in [0.3, 0.4) is 0 Å². The molecule has 4 heterocycles. The Kier molecular flexibility index (Phi) is 4.08. The largest absolute Gasteiger partial charge is 0.323 e. The third-order valence-electron chi connectivity index (χ3n) is 6.31. The van der Waals surface area contributed by atoms with Crippen molar-refractivity contribution < 1.29 is 13.6 Å². The van der Waals surface area contributed by atoms with E-state index in [1.54, 1.807) is 41.7 Å². The highest BCUT2D eigenvalue weighted by Gasteiger charge is 2.73. The molecule has 0 radical (unpaired) electrons. The Morgan fingerprint density at radius 3 is 2.79 bits per heavy atom. The molecule has 0 saturated heterocycles. The second-order valence-corrected chi connectivity index (χ2v) is 8.16. The van der Waals surface area contributed by atoms with E-state index in [1.807, 2.05) is 18.2 Å². The number of pyridine rings is 1. The van der Waals surface area contributed by atoms with Gasteiger partial charge >= 0.3 is 0 Å². The van der Waals surface area contributed by atoms with Gasteiger partial charge in [0.1, 0.15) is 17.8 Å². The summed E-state index contributed by atoms with van der Waals surface area (Å²) in [6.45, 7) is 0. The number of aliphatic imine (C=N–C) groups is 3. The Hall–Kier alpha value is -4.19. The molecule has 7 nitrogen and oxygen atoms in total. The zero-order chi connectivity index (χ0) is 22.6. The van der Waals surface area contributed by atoms with Crippen LogP contribution in [-0.4, -0.2) is 52.1 Å². The van der Waals surface area contributed by atoms with Crippen LogP contribution in [0.2, 0.25) is 0 Å². The Balaban J connectivity index is 1.51. The lowest BCUT2D eigenvalue weighted by Crippen LogP contribution is -2.55. The summed E-state index contributed by atoms with van der Waals surface area (Å²) in [5.41, 5.74) is -0.829. The number of halogens is 2. The van der Waals surface area contributed by atoms with Gasteiger partial charge in [-0.3, -0.25) is 14.8 Å². The molecule has 4 atom stereocenters. The molecular weight excluding hydrogens is 426 g/mol. The molecule has 9 heteroatoms. The van der Waals surface area contributed by atoms with Crippen molar-refractivity contribution in [3.8, 4) is 11.8 Å². The first kappa shape index (κ1) is 19.5. The number of carbonyl (C=O) groups excluding carboxylic acids is 1. The summed E-state index contributed by atoms with van der Waals surface area (Å²) in [5, 5.41) is 2.45. The molecule has 1 amide bonds. The number of fused-ring (bicyclic) bond motifs is 2. The Bertz CT molecular complexity index is 1360. The number of carbonyl (C=O) groups is 1. The van der Waals surface area contributed by atoms with Crippen molar-refractivity contribution in [1.82, 2.24) is 15.2 Å². The zero-order valence-corrected chi connectivity index (χ0v) is 17.1. The van der Waals surface area contributed by atoms with Gasteiger partial charge in [0, 0.05) is 47.8 Å². The maximum atomic E-state index is 14.7. The Labute approximate surface area is 187 Å². The lowest BCUT2D eigenvalue weighted by atomic mass is 9.79. The fraction of sp³-hybridized carbons (Fsp3) is 0.208. The molecule has 0 bridgehead atoms. The van der Waals surface area contributed by atoms with Crippen molar-refractivity contribution in [2.24, 2.45) is 15.0 Å². The van der Waals surface area contributed by atoms with E-state index < -0.39 is 35.1 Å².